The molecule has 0 amide bonds. The van der Waals surface area contributed by atoms with E-state index in [-0.39, 0.29) is 0 Å². The van der Waals surface area contributed by atoms with Crippen LogP contribution in [0.3, 0.4) is 0 Å². The highest BCUT2D eigenvalue weighted by atomic mass is 15.1. The van der Waals surface area contributed by atoms with Gasteiger partial charge in [0, 0.05) is 6.04 Å². The summed E-state index contributed by atoms with van der Waals surface area (Å²) in [6, 6.07) is 0.769. The van der Waals surface area contributed by atoms with Crippen molar-refractivity contribution in [2.24, 2.45) is 23.7 Å². The highest BCUT2D eigenvalue weighted by Crippen LogP contribution is 2.29. The van der Waals surface area contributed by atoms with E-state index in [0.29, 0.717) is 0 Å². The molecule has 0 aromatic rings. The minimum Gasteiger partial charge on any atom is -0.301 e. The molecule has 1 aliphatic heterocycles. The zero-order valence-electron chi connectivity index (χ0n) is 19.9. The first kappa shape index (κ1) is 25.0. The third-order valence-corrected chi connectivity index (χ3v) is 7.31. The molecule has 0 bridgehead atoms. The fourth-order valence-electron chi connectivity index (χ4n) is 5.04. The number of hydrogen-bond donors (Lipinski definition) is 0. The van der Waals surface area contributed by atoms with Crippen LogP contribution in [0.25, 0.3) is 0 Å². The summed E-state index contributed by atoms with van der Waals surface area (Å²) in [6.45, 7) is 16.7. The molecule has 1 heteroatoms. The molecular weight excluding hydrogens is 326 g/mol. The van der Waals surface area contributed by atoms with Crippen molar-refractivity contribution in [2.45, 2.75) is 131 Å². The quantitative estimate of drug-likeness (QED) is 0.476. The molecule has 3 fully saturated rings. The maximum Gasteiger partial charge on any atom is 0.00385 e. The zero-order chi connectivity index (χ0) is 20.1. The average Bonchev–Trinajstić information content (AvgIpc) is 2.71. The molecule has 0 spiro atoms. The summed E-state index contributed by atoms with van der Waals surface area (Å²) in [5.41, 5.74) is 0. The van der Waals surface area contributed by atoms with E-state index in [0.717, 1.165) is 29.7 Å². The highest BCUT2D eigenvalue weighted by molar-refractivity contribution is 4.69. The molecule has 0 aromatic carbocycles. The Morgan fingerprint density at radius 2 is 0.815 bits per heavy atom. The van der Waals surface area contributed by atoms with Gasteiger partial charge in [0.2, 0.25) is 0 Å². The first-order valence-electron chi connectivity index (χ1n) is 12.7. The highest BCUT2D eigenvalue weighted by Gasteiger charge is 2.16. The van der Waals surface area contributed by atoms with Crippen LogP contribution in [0.2, 0.25) is 0 Å². The van der Waals surface area contributed by atoms with Crippen LogP contribution in [0.5, 0.6) is 0 Å². The van der Waals surface area contributed by atoms with E-state index in [1.165, 1.54) is 96.6 Å². The standard InChI is InChI=1S/2C9H18.C8H17N/c3*1-8(2)9-6-4-3-5-7-9/h2*8-9H,3-7H2,1-2H3;8H,3-7H2,1-2H3. The Labute approximate surface area is 173 Å². The first-order chi connectivity index (χ1) is 12.9. The second-order valence-corrected chi connectivity index (χ2v) is 10.5. The van der Waals surface area contributed by atoms with E-state index < -0.39 is 0 Å². The second-order valence-electron chi connectivity index (χ2n) is 10.5. The molecular formula is C26H53N. The van der Waals surface area contributed by atoms with Gasteiger partial charge >= 0.3 is 0 Å². The van der Waals surface area contributed by atoms with Gasteiger partial charge in [-0.1, -0.05) is 98.3 Å². The van der Waals surface area contributed by atoms with Crippen molar-refractivity contribution in [3.8, 4) is 0 Å². The molecule has 162 valence electrons. The molecule has 3 aliphatic rings. The van der Waals surface area contributed by atoms with Gasteiger partial charge < -0.3 is 4.90 Å². The Morgan fingerprint density at radius 1 is 0.481 bits per heavy atom. The molecule has 2 saturated carbocycles. The zero-order valence-corrected chi connectivity index (χ0v) is 19.9. The molecule has 1 nitrogen and oxygen atoms in total. The van der Waals surface area contributed by atoms with E-state index in [9.17, 15) is 0 Å². The molecule has 0 unspecified atom stereocenters. The number of hydrogen-bond acceptors (Lipinski definition) is 1. The van der Waals surface area contributed by atoms with Crippen LogP contribution in [-0.4, -0.2) is 24.0 Å². The van der Waals surface area contributed by atoms with Crippen molar-refractivity contribution < 1.29 is 0 Å². The largest absolute Gasteiger partial charge is 0.301 e. The number of likely N-dealkylation sites (tertiary alicyclic amines) is 1. The van der Waals surface area contributed by atoms with E-state index >= 15 is 0 Å². The van der Waals surface area contributed by atoms with Crippen molar-refractivity contribution >= 4 is 0 Å². The van der Waals surface area contributed by atoms with E-state index in [1.807, 2.05) is 0 Å². The SMILES string of the molecule is CC(C)C1CCCCC1.CC(C)C1CCCCC1.CC(C)N1CCCCC1. The summed E-state index contributed by atoms with van der Waals surface area (Å²) in [5.74, 6) is 3.98. The molecule has 2 aliphatic carbocycles. The maximum absolute atomic E-state index is 2.56. The molecule has 27 heavy (non-hydrogen) atoms. The summed E-state index contributed by atoms with van der Waals surface area (Å²) in [7, 11) is 0. The van der Waals surface area contributed by atoms with Crippen LogP contribution < -0.4 is 0 Å². The molecule has 0 aromatic heterocycles. The average molecular weight is 380 g/mol. The third kappa shape index (κ3) is 11.5. The lowest BCUT2D eigenvalue weighted by Crippen LogP contribution is -2.35. The Bertz CT molecular complexity index is 263. The summed E-state index contributed by atoms with van der Waals surface area (Å²) in [5, 5.41) is 0. The van der Waals surface area contributed by atoms with Gasteiger partial charge in [-0.2, -0.15) is 0 Å². The smallest absolute Gasteiger partial charge is 0.00385 e. The monoisotopic (exact) mass is 379 g/mol. The van der Waals surface area contributed by atoms with Crippen LogP contribution in [0, 0.1) is 23.7 Å². The van der Waals surface area contributed by atoms with Gasteiger partial charge in [-0.3, -0.25) is 0 Å². The van der Waals surface area contributed by atoms with Crippen molar-refractivity contribution in [2.75, 3.05) is 13.1 Å². The fourth-order valence-corrected chi connectivity index (χ4v) is 5.04. The van der Waals surface area contributed by atoms with Gasteiger partial charge in [0.25, 0.3) is 0 Å². The molecule has 1 saturated heterocycles. The minimum absolute atomic E-state index is 0.769. The summed E-state index contributed by atoms with van der Waals surface area (Å²) >= 11 is 0. The Hall–Kier alpha value is -0.0400. The van der Waals surface area contributed by atoms with Crippen LogP contribution in [0.4, 0.5) is 0 Å². The topological polar surface area (TPSA) is 3.24 Å². The van der Waals surface area contributed by atoms with E-state index in [2.05, 4.69) is 46.4 Å². The molecule has 3 rings (SSSR count). The Balaban J connectivity index is 0.000000202. The predicted molar refractivity (Wildman–Crippen MR) is 123 cm³/mol. The summed E-state index contributed by atoms with van der Waals surface area (Å²) in [4.78, 5) is 2.56. The molecule has 0 atom stereocenters. The lowest BCUT2D eigenvalue weighted by molar-refractivity contribution is 0.185. The van der Waals surface area contributed by atoms with Crippen molar-refractivity contribution in [1.82, 2.24) is 4.90 Å². The Kier molecular flexibility index (Phi) is 13.8. The molecule has 0 N–H and O–H groups in total. The van der Waals surface area contributed by atoms with Crippen LogP contribution >= 0.6 is 0 Å². The van der Waals surface area contributed by atoms with Gasteiger partial charge in [0.05, 0.1) is 0 Å². The third-order valence-electron chi connectivity index (χ3n) is 7.31. The van der Waals surface area contributed by atoms with Gasteiger partial charge in [0.1, 0.15) is 0 Å². The second kappa shape index (κ2) is 14.9. The predicted octanol–water partition coefficient (Wildman–Crippen LogP) is 8.33. The van der Waals surface area contributed by atoms with Gasteiger partial charge in [-0.25, -0.2) is 0 Å². The van der Waals surface area contributed by atoms with Gasteiger partial charge in [0.15, 0.2) is 0 Å². The summed E-state index contributed by atoms with van der Waals surface area (Å²) < 4.78 is 0. The van der Waals surface area contributed by atoms with Crippen LogP contribution in [-0.2, 0) is 0 Å². The first-order valence-corrected chi connectivity index (χ1v) is 12.7. The maximum atomic E-state index is 2.56. The number of rotatable bonds is 3. The van der Waals surface area contributed by atoms with E-state index in [1.54, 1.807) is 0 Å². The molecule has 0 radical (unpaired) electrons. The molecule has 1 heterocycles. The fraction of sp³-hybridized carbons (Fsp3) is 1.00. The van der Waals surface area contributed by atoms with Crippen molar-refractivity contribution in [3.63, 3.8) is 0 Å². The normalized spacial score (nSPS) is 23.0. The van der Waals surface area contributed by atoms with Gasteiger partial charge in [-0.05, 0) is 63.5 Å². The van der Waals surface area contributed by atoms with E-state index in [4.69, 9.17) is 0 Å². The summed E-state index contributed by atoms with van der Waals surface area (Å²) in [6.07, 6.45) is 19.2. The van der Waals surface area contributed by atoms with Gasteiger partial charge in [-0.15, -0.1) is 0 Å². The lowest BCUT2D eigenvalue weighted by Gasteiger charge is -2.29. The van der Waals surface area contributed by atoms with Crippen LogP contribution in [0.15, 0.2) is 0 Å². The number of nitrogens with zero attached hydrogens (tertiary/aromatic N) is 1. The van der Waals surface area contributed by atoms with Crippen LogP contribution in [0.1, 0.15) is 125 Å². The number of piperidine rings is 1. The van der Waals surface area contributed by atoms with Crippen molar-refractivity contribution in [3.05, 3.63) is 0 Å². The minimum atomic E-state index is 0.769. The lowest BCUT2D eigenvalue weighted by atomic mass is 9.82. The Morgan fingerprint density at radius 3 is 1.04 bits per heavy atom. The van der Waals surface area contributed by atoms with Crippen molar-refractivity contribution in [1.29, 1.82) is 0 Å².